The zero-order valence-corrected chi connectivity index (χ0v) is 8.18. The first kappa shape index (κ1) is 9.52. The molecule has 0 aliphatic carbocycles. The van der Waals surface area contributed by atoms with Gasteiger partial charge in [-0.25, -0.2) is 5.01 Å². The lowest BCUT2D eigenvalue weighted by molar-refractivity contribution is -0.133. The van der Waals surface area contributed by atoms with E-state index in [1.807, 2.05) is 25.8 Å². The average Bonchev–Trinajstić information content (AvgIpc) is 2.37. The number of hydrazine groups is 1. The first-order chi connectivity index (χ1) is 5.50. The lowest BCUT2D eigenvalue weighted by atomic mass is 9.96. The summed E-state index contributed by atoms with van der Waals surface area (Å²) in [6.07, 6.45) is 2.40. The van der Waals surface area contributed by atoms with Gasteiger partial charge < -0.3 is 0 Å². The van der Waals surface area contributed by atoms with E-state index < -0.39 is 0 Å². The molecule has 0 saturated carbocycles. The fourth-order valence-electron chi connectivity index (χ4n) is 1.14. The van der Waals surface area contributed by atoms with Gasteiger partial charge in [-0.3, -0.25) is 10.2 Å². The summed E-state index contributed by atoms with van der Waals surface area (Å²) in [6, 6.07) is 0. The molecule has 0 aromatic heterocycles. The summed E-state index contributed by atoms with van der Waals surface area (Å²) in [5, 5.41) is 2.01. The van der Waals surface area contributed by atoms with E-state index in [9.17, 15) is 4.79 Å². The number of hydrogen-bond donors (Lipinski definition) is 1. The van der Waals surface area contributed by atoms with E-state index in [1.165, 1.54) is 12.8 Å². The highest BCUT2D eigenvalue weighted by atomic mass is 16.2. The second kappa shape index (κ2) is 3.44. The fourth-order valence-corrected chi connectivity index (χ4v) is 1.14. The Morgan fingerprint density at radius 2 is 1.75 bits per heavy atom. The molecule has 3 heteroatoms. The summed E-state index contributed by atoms with van der Waals surface area (Å²) in [7, 11) is 0. The molecule has 3 nitrogen and oxygen atoms in total. The van der Waals surface area contributed by atoms with Gasteiger partial charge >= 0.3 is 0 Å². The molecule has 1 N–H and O–H groups in total. The largest absolute Gasteiger partial charge is 0.288 e. The van der Waals surface area contributed by atoms with Crippen molar-refractivity contribution in [3.63, 3.8) is 0 Å². The number of nitrogens with one attached hydrogen (secondary N) is 1. The van der Waals surface area contributed by atoms with E-state index in [4.69, 9.17) is 0 Å². The Hall–Kier alpha value is -0.570. The SMILES string of the molecule is CC(C)(C)C(=O)NN1CCCC1. The van der Waals surface area contributed by atoms with E-state index in [-0.39, 0.29) is 11.3 Å². The Labute approximate surface area is 74.1 Å². The smallest absolute Gasteiger partial charge is 0.239 e. The second-order valence-electron chi connectivity index (χ2n) is 4.39. The normalized spacial score (nSPS) is 19.6. The van der Waals surface area contributed by atoms with Gasteiger partial charge in [0.05, 0.1) is 0 Å². The summed E-state index contributed by atoms with van der Waals surface area (Å²) < 4.78 is 0. The van der Waals surface area contributed by atoms with Crippen LogP contribution in [-0.2, 0) is 4.79 Å². The van der Waals surface area contributed by atoms with Gasteiger partial charge in [-0.1, -0.05) is 20.8 Å². The highest BCUT2D eigenvalue weighted by molar-refractivity contribution is 5.80. The summed E-state index contributed by atoms with van der Waals surface area (Å²) in [5.74, 6) is 0.115. The van der Waals surface area contributed by atoms with Crippen molar-refractivity contribution < 1.29 is 4.79 Å². The van der Waals surface area contributed by atoms with Crippen LogP contribution in [0.2, 0.25) is 0 Å². The summed E-state index contributed by atoms with van der Waals surface area (Å²) in [4.78, 5) is 11.5. The van der Waals surface area contributed by atoms with Crippen LogP contribution in [0.1, 0.15) is 33.6 Å². The molecule has 1 heterocycles. The van der Waals surface area contributed by atoms with Crippen molar-refractivity contribution in [2.24, 2.45) is 5.41 Å². The minimum Gasteiger partial charge on any atom is -0.288 e. The summed E-state index contributed by atoms with van der Waals surface area (Å²) in [5.41, 5.74) is 2.64. The van der Waals surface area contributed by atoms with Crippen molar-refractivity contribution >= 4 is 5.91 Å². The number of amides is 1. The maximum atomic E-state index is 11.5. The molecule has 0 aromatic rings. The maximum Gasteiger partial charge on any atom is 0.239 e. The van der Waals surface area contributed by atoms with Crippen LogP contribution in [0.15, 0.2) is 0 Å². The molecule has 70 valence electrons. The molecular weight excluding hydrogens is 152 g/mol. The predicted octanol–water partition coefficient (Wildman–Crippen LogP) is 1.16. The average molecular weight is 170 g/mol. The van der Waals surface area contributed by atoms with Crippen LogP contribution in [0.4, 0.5) is 0 Å². The van der Waals surface area contributed by atoms with Crippen molar-refractivity contribution in [3.8, 4) is 0 Å². The molecular formula is C9H18N2O. The van der Waals surface area contributed by atoms with Crippen LogP contribution in [0.5, 0.6) is 0 Å². The van der Waals surface area contributed by atoms with Crippen molar-refractivity contribution in [1.82, 2.24) is 10.4 Å². The number of hydrogen-bond acceptors (Lipinski definition) is 2. The Morgan fingerprint density at radius 1 is 1.25 bits per heavy atom. The Kier molecular flexibility index (Phi) is 2.73. The third-order valence-electron chi connectivity index (χ3n) is 2.05. The molecule has 0 aromatic carbocycles. The first-order valence-electron chi connectivity index (χ1n) is 4.56. The molecule has 1 rings (SSSR count). The standard InChI is InChI=1S/C9H18N2O/c1-9(2,3)8(12)10-11-6-4-5-7-11/h4-7H2,1-3H3,(H,10,12). The lowest BCUT2D eigenvalue weighted by Gasteiger charge is -2.23. The number of nitrogens with zero attached hydrogens (tertiary/aromatic N) is 1. The topological polar surface area (TPSA) is 32.3 Å². The van der Waals surface area contributed by atoms with E-state index in [0.717, 1.165) is 13.1 Å². The molecule has 1 fully saturated rings. The van der Waals surface area contributed by atoms with E-state index in [2.05, 4.69) is 5.43 Å². The van der Waals surface area contributed by atoms with Gasteiger partial charge in [0.25, 0.3) is 0 Å². The molecule has 0 unspecified atom stereocenters. The number of rotatable bonds is 1. The van der Waals surface area contributed by atoms with E-state index >= 15 is 0 Å². The number of carbonyl (C=O) groups excluding carboxylic acids is 1. The lowest BCUT2D eigenvalue weighted by Crippen LogP contribution is -2.45. The highest BCUT2D eigenvalue weighted by Gasteiger charge is 2.24. The van der Waals surface area contributed by atoms with Crippen molar-refractivity contribution in [3.05, 3.63) is 0 Å². The van der Waals surface area contributed by atoms with Gasteiger partial charge in [0.15, 0.2) is 0 Å². The van der Waals surface area contributed by atoms with Gasteiger partial charge in [-0.05, 0) is 12.8 Å². The molecule has 0 radical (unpaired) electrons. The van der Waals surface area contributed by atoms with Crippen LogP contribution in [0.3, 0.4) is 0 Å². The minimum atomic E-state index is -0.275. The Bertz CT molecular complexity index is 166. The molecule has 1 aliphatic rings. The quantitative estimate of drug-likeness (QED) is 0.640. The molecule has 0 atom stereocenters. The third kappa shape index (κ3) is 2.48. The Morgan fingerprint density at radius 3 is 2.17 bits per heavy atom. The van der Waals surface area contributed by atoms with Crippen LogP contribution in [0, 0.1) is 5.41 Å². The summed E-state index contributed by atoms with van der Waals surface area (Å²) >= 11 is 0. The number of carbonyl (C=O) groups is 1. The fraction of sp³-hybridized carbons (Fsp3) is 0.889. The third-order valence-corrected chi connectivity index (χ3v) is 2.05. The zero-order valence-electron chi connectivity index (χ0n) is 8.18. The highest BCUT2D eigenvalue weighted by Crippen LogP contribution is 2.14. The van der Waals surface area contributed by atoms with Crippen molar-refractivity contribution in [1.29, 1.82) is 0 Å². The summed E-state index contributed by atoms with van der Waals surface area (Å²) in [6.45, 7) is 7.79. The van der Waals surface area contributed by atoms with Crippen LogP contribution in [0.25, 0.3) is 0 Å². The van der Waals surface area contributed by atoms with E-state index in [1.54, 1.807) is 0 Å². The molecule has 1 aliphatic heterocycles. The van der Waals surface area contributed by atoms with Crippen LogP contribution >= 0.6 is 0 Å². The minimum absolute atomic E-state index is 0.115. The maximum absolute atomic E-state index is 11.5. The molecule has 12 heavy (non-hydrogen) atoms. The monoisotopic (exact) mass is 170 g/mol. The van der Waals surface area contributed by atoms with Gasteiger partial charge in [-0.15, -0.1) is 0 Å². The van der Waals surface area contributed by atoms with Crippen molar-refractivity contribution in [2.75, 3.05) is 13.1 Å². The van der Waals surface area contributed by atoms with Gasteiger partial charge in [-0.2, -0.15) is 0 Å². The van der Waals surface area contributed by atoms with E-state index in [0.29, 0.717) is 0 Å². The van der Waals surface area contributed by atoms with Crippen LogP contribution < -0.4 is 5.43 Å². The predicted molar refractivity (Wildman–Crippen MR) is 48.4 cm³/mol. The molecule has 0 bridgehead atoms. The van der Waals surface area contributed by atoms with Gasteiger partial charge in [0, 0.05) is 18.5 Å². The van der Waals surface area contributed by atoms with Crippen LogP contribution in [-0.4, -0.2) is 24.0 Å². The van der Waals surface area contributed by atoms with Gasteiger partial charge in [0.1, 0.15) is 0 Å². The molecule has 0 spiro atoms. The zero-order chi connectivity index (χ0) is 9.19. The molecule has 1 amide bonds. The van der Waals surface area contributed by atoms with Gasteiger partial charge in [0.2, 0.25) is 5.91 Å². The molecule has 1 saturated heterocycles. The van der Waals surface area contributed by atoms with Crippen molar-refractivity contribution in [2.45, 2.75) is 33.6 Å². The first-order valence-corrected chi connectivity index (χ1v) is 4.56. The second-order valence-corrected chi connectivity index (χ2v) is 4.39. The Balaban J connectivity index is 2.35.